The molecule has 0 radical (unpaired) electrons. The Morgan fingerprint density at radius 3 is 1.71 bits per heavy atom. The molecule has 0 saturated heterocycles. The van der Waals surface area contributed by atoms with E-state index in [1.54, 1.807) is 0 Å². The fraction of sp³-hybridized carbons (Fsp3) is 0.302. The third-order valence-corrected chi connectivity index (χ3v) is 10.5. The van der Waals surface area contributed by atoms with Gasteiger partial charge < -0.3 is 19.3 Å². The number of allylic oxidation sites excluding steroid dienone is 1. The van der Waals surface area contributed by atoms with Crippen LogP contribution in [-0.2, 0) is 5.41 Å². The molecule has 248 valence electrons. The van der Waals surface area contributed by atoms with Crippen LogP contribution in [0.1, 0.15) is 65.9 Å². The Kier molecular flexibility index (Phi) is 10.3. The Hall–Kier alpha value is -4.48. The fourth-order valence-corrected chi connectivity index (χ4v) is 7.62. The summed E-state index contributed by atoms with van der Waals surface area (Å²) >= 11 is 1.85. The highest BCUT2D eigenvalue weighted by molar-refractivity contribution is 7.18. The van der Waals surface area contributed by atoms with Crippen LogP contribution in [0.3, 0.4) is 0 Å². The largest absolute Gasteiger partial charge is 0.494 e. The molecule has 0 amide bonds. The summed E-state index contributed by atoms with van der Waals surface area (Å²) in [4.78, 5) is 7.28. The summed E-state index contributed by atoms with van der Waals surface area (Å²) in [6.07, 6.45) is 5.00. The van der Waals surface area contributed by atoms with E-state index in [-0.39, 0.29) is 5.41 Å². The number of hydrogen-bond donors (Lipinski definition) is 0. The van der Waals surface area contributed by atoms with Crippen molar-refractivity contribution >= 4 is 34.1 Å². The zero-order valence-corrected chi connectivity index (χ0v) is 29.9. The number of ether oxygens (including phenoxy) is 2. The minimum Gasteiger partial charge on any atom is -0.494 e. The molecule has 5 aromatic rings. The van der Waals surface area contributed by atoms with Gasteiger partial charge in [0.05, 0.1) is 13.2 Å². The summed E-state index contributed by atoms with van der Waals surface area (Å²) in [5, 5.41) is 0. The maximum absolute atomic E-state index is 5.72. The predicted octanol–water partition coefficient (Wildman–Crippen LogP) is 12.5. The second-order valence-corrected chi connectivity index (χ2v) is 14.0. The first kappa shape index (κ1) is 33.4. The Bertz CT molecular complexity index is 1770. The lowest BCUT2D eigenvalue weighted by Gasteiger charge is -2.26. The maximum atomic E-state index is 5.72. The van der Waals surface area contributed by atoms with Crippen molar-refractivity contribution < 1.29 is 9.47 Å². The smallest absolute Gasteiger partial charge is 0.119 e. The van der Waals surface area contributed by atoms with Crippen molar-refractivity contribution in [2.45, 2.75) is 65.7 Å². The van der Waals surface area contributed by atoms with Crippen molar-refractivity contribution in [3.8, 4) is 32.4 Å². The molecule has 6 rings (SSSR count). The molecule has 0 N–H and O–H groups in total. The number of hydrogen-bond acceptors (Lipinski definition) is 5. The summed E-state index contributed by atoms with van der Waals surface area (Å²) in [5.41, 5.74) is 9.55. The molecule has 1 aromatic heterocycles. The SMILES string of the molecule is C=C1N(CCCCCC)c2cc(-c3ccc(-c4ccc(N(c5ccc(OCC)cc5)c5ccc(OCC)cc5)cc4)s3)ccc2C1(C)C. The molecule has 48 heavy (non-hydrogen) atoms. The van der Waals surface area contributed by atoms with Gasteiger partial charge in [0.2, 0.25) is 0 Å². The van der Waals surface area contributed by atoms with Crippen LogP contribution in [0, 0.1) is 0 Å². The zero-order chi connectivity index (χ0) is 33.7. The van der Waals surface area contributed by atoms with Crippen LogP contribution in [0.4, 0.5) is 22.7 Å². The van der Waals surface area contributed by atoms with Crippen molar-refractivity contribution in [2.75, 3.05) is 29.6 Å². The van der Waals surface area contributed by atoms with Crippen LogP contribution < -0.4 is 19.3 Å². The van der Waals surface area contributed by atoms with E-state index in [0.717, 1.165) is 35.1 Å². The molecule has 1 aliphatic heterocycles. The van der Waals surface area contributed by atoms with E-state index in [9.17, 15) is 0 Å². The zero-order valence-electron chi connectivity index (χ0n) is 29.1. The molecule has 0 bridgehead atoms. The molecule has 0 unspecified atom stereocenters. The average molecular weight is 657 g/mol. The second kappa shape index (κ2) is 14.7. The highest BCUT2D eigenvalue weighted by Gasteiger charge is 2.38. The van der Waals surface area contributed by atoms with Crippen LogP contribution in [-0.4, -0.2) is 19.8 Å². The molecule has 0 atom stereocenters. The van der Waals surface area contributed by atoms with E-state index in [1.165, 1.54) is 63.5 Å². The normalized spacial score (nSPS) is 13.4. The van der Waals surface area contributed by atoms with E-state index < -0.39 is 0 Å². The number of nitrogens with zero attached hydrogens (tertiary/aromatic N) is 2. The number of anilines is 4. The molecule has 4 nitrogen and oxygen atoms in total. The highest BCUT2D eigenvalue weighted by Crippen LogP contribution is 2.49. The monoisotopic (exact) mass is 656 g/mol. The first-order valence-corrected chi connectivity index (χ1v) is 18.2. The quantitative estimate of drug-likeness (QED) is 0.111. The molecular formula is C43H48N2O2S. The van der Waals surface area contributed by atoms with Gasteiger partial charge in [0.25, 0.3) is 0 Å². The standard InChI is InChI=1S/C43H48N2O2S/c1-7-10-11-12-29-44-31(4)43(5,6)39-26-15-33(30-40(39)44)42-28-27-41(48-42)32-13-16-34(17-14-32)45(35-18-22-37(23-19-35)46-8-2)36-20-24-38(25-21-36)47-9-3/h13-28,30H,4,7-12,29H2,1-3,5-6H3. The lowest BCUT2D eigenvalue weighted by molar-refractivity contribution is 0.340. The number of thiophene rings is 1. The number of unbranched alkanes of at least 4 members (excludes halogenated alkanes) is 3. The minimum atomic E-state index is -0.0501. The van der Waals surface area contributed by atoms with Crippen LogP contribution >= 0.6 is 11.3 Å². The molecule has 0 saturated carbocycles. The molecule has 2 heterocycles. The topological polar surface area (TPSA) is 24.9 Å². The van der Waals surface area contributed by atoms with E-state index in [0.29, 0.717) is 13.2 Å². The summed E-state index contributed by atoms with van der Waals surface area (Å²) in [6, 6.07) is 37.0. The average Bonchev–Trinajstić information content (AvgIpc) is 3.67. The van der Waals surface area contributed by atoms with Crippen molar-refractivity contribution in [1.29, 1.82) is 0 Å². The molecule has 5 heteroatoms. The van der Waals surface area contributed by atoms with Crippen molar-refractivity contribution in [1.82, 2.24) is 0 Å². The first-order chi connectivity index (χ1) is 23.3. The van der Waals surface area contributed by atoms with Gasteiger partial charge in [-0.05, 0) is 116 Å². The first-order valence-electron chi connectivity index (χ1n) is 17.4. The Morgan fingerprint density at radius 1 is 0.646 bits per heavy atom. The van der Waals surface area contributed by atoms with E-state index >= 15 is 0 Å². The van der Waals surface area contributed by atoms with Gasteiger partial charge in [0.15, 0.2) is 0 Å². The second-order valence-electron chi connectivity index (χ2n) is 12.9. The van der Waals surface area contributed by atoms with Crippen molar-refractivity contribution in [3.63, 3.8) is 0 Å². The Balaban J connectivity index is 1.26. The lowest BCUT2D eigenvalue weighted by atomic mass is 9.84. The predicted molar refractivity (Wildman–Crippen MR) is 206 cm³/mol. The third-order valence-electron chi connectivity index (χ3n) is 9.36. The van der Waals surface area contributed by atoms with Gasteiger partial charge in [-0.25, -0.2) is 0 Å². The number of fused-ring (bicyclic) bond motifs is 1. The fourth-order valence-electron chi connectivity index (χ4n) is 6.61. The number of benzene rings is 4. The van der Waals surface area contributed by atoms with Gasteiger partial charge in [0, 0.05) is 50.2 Å². The summed E-state index contributed by atoms with van der Waals surface area (Å²) < 4.78 is 11.4. The molecule has 1 aliphatic rings. The molecule has 0 aliphatic carbocycles. The molecular weight excluding hydrogens is 609 g/mol. The van der Waals surface area contributed by atoms with Gasteiger partial charge in [0.1, 0.15) is 11.5 Å². The Morgan fingerprint density at radius 2 is 1.17 bits per heavy atom. The molecule has 0 spiro atoms. The van der Waals surface area contributed by atoms with Crippen LogP contribution in [0.5, 0.6) is 11.5 Å². The van der Waals surface area contributed by atoms with Crippen LogP contribution in [0.15, 0.2) is 115 Å². The van der Waals surface area contributed by atoms with Crippen LogP contribution in [0.25, 0.3) is 20.9 Å². The molecule has 0 fully saturated rings. The van der Waals surface area contributed by atoms with Gasteiger partial charge in [-0.3, -0.25) is 0 Å². The van der Waals surface area contributed by atoms with E-state index in [2.05, 4.69) is 116 Å². The summed E-state index contributed by atoms with van der Waals surface area (Å²) in [5.74, 6) is 1.74. The summed E-state index contributed by atoms with van der Waals surface area (Å²) in [7, 11) is 0. The summed E-state index contributed by atoms with van der Waals surface area (Å²) in [6.45, 7) is 17.8. The van der Waals surface area contributed by atoms with Crippen LogP contribution in [0.2, 0.25) is 0 Å². The van der Waals surface area contributed by atoms with Crippen molar-refractivity contribution in [2.24, 2.45) is 0 Å². The highest BCUT2D eigenvalue weighted by atomic mass is 32.1. The van der Waals surface area contributed by atoms with E-state index in [1.807, 2.05) is 49.4 Å². The maximum Gasteiger partial charge on any atom is 0.119 e. The Labute approximate surface area is 291 Å². The van der Waals surface area contributed by atoms with Gasteiger partial charge in [-0.2, -0.15) is 0 Å². The molecule has 4 aromatic carbocycles. The number of rotatable bonds is 14. The lowest BCUT2D eigenvalue weighted by Crippen LogP contribution is -2.26. The van der Waals surface area contributed by atoms with E-state index in [4.69, 9.17) is 9.47 Å². The van der Waals surface area contributed by atoms with Gasteiger partial charge >= 0.3 is 0 Å². The minimum absolute atomic E-state index is 0.0501. The third kappa shape index (κ3) is 6.88. The van der Waals surface area contributed by atoms with Gasteiger partial charge in [-0.15, -0.1) is 11.3 Å². The van der Waals surface area contributed by atoms with Gasteiger partial charge in [-0.1, -0.05) is 70.9 Å². The van der Waals surface area contributed by atoms with Crippen molar-refractivity contribution in [3.05, 3.63) is 121 Å².